The molecule has 1 saturated carbocycles. The van der Waals surface area contributed by atoms with Gasteiger partial charge in [-0.15, -0.1) is 0 Å². The number of fused-ring (bicyclic) bond motifs is 1. The third-order valence-electron chi connectivity index (χ3n) is 7.04. The molecule has 38 heavy (non-hydrogen) atoms. The highest BCUT2D eigenvalue weighted by Crippen LogP contribution is 2.41. The van der Waals surface area contributed by atoms with Crippen LogP contribution in [-0.2, 0) is 27.7 Å². The third-order valence-corrected chi connectivity index (χ3v) is 9.25. The SMILES string of the molecule is NC(=O)C[C@@H](c1ccc(S(=O)(=O)CC2CC2)cc1)N1Cc2cc(Cl)c(-c3ccccc3OC(F)F)cc2C1. The minimum atomic E-state index is -3.35. The maximum atomic E-state index is 13.0. The van der Waals surface area contributed by atoms with E-state index in [2.05, 4.69) is 4.90 Å². The van der Waals surface area contributed by atoms with Crippen LogP contribution < -0.4 is 10.5 Å². The van der Waals surface area contributed by atoms with Gasteiger partial charge in [0.2, 0.25) is 5.91 Å². The van der Waals surface area contributed by atoms with Gasteiger partial charge < -0.3 is 10.5 Å². The number of benzene rings is 3. The maximum absolute atomic E-state index is 13.0. The van der Waals surface area contributed by atoms with Gasteiger partial charge in [0.25, 0.3) is 0 Å². The number of carbonyl (C=O) groups excluding carboxylic acids is 1. The number of primary amides is 1. The summed E-state index contributed by atoms with van der Waals surface area (Å²) in [5.41, 5.74) is 9.28. The molecular weight excluding hydrogens is 534 g/mol. The summed E-state index contributed by atoms with van der Waals surface area (Å²) in [4.78, 5) is 14.3. The monoisotopic (exact) mass is 560 g/mol. The number of nitrogens with zero attached hydrogens (tertiary/aromatic N) is 1. The lowest BCUT2D eigenvalue weighted by Gasteiger charge is -2.27. The van der Waals surface area contributed by atoms with Gasteiger partial charge in [-0.1, -0.05) is 41.9 Å². The van der Waals surface area contributed by atoms with E-state index in [-0.39, 0.29) is 34.8 Å². The first-order valence-electron chi connectivity index (χ1n) is 12.3. The molecule has 0 bridgehead atoms. The Morgan fingerprint density at radius 2 is 1.68 bits per heavy atom. The summed E-state index contributed by atoms with van der Waals surface area (Å²) in [6.07, 6.45) is 1.95. The van der Waals surface area contributed by atoms with Crippen LogP contribution in [0.1, 0.15) is 42.0 Å². The van der Waals surface area contributed by atoms with Gasteiger partial charge in [-0.3, -0.25) is 9.69 Å². The number of ether oxygens (including phenoxy) is 1. The van der Waals surface area contributed by atoms with Crippen molar-refractivity contribution in [2.24, 2.45) is 11.7 Å². The molecule has 0 saturated heterocycles. The lowest BCUT2D eigenvalue weighted by molar-refractivity contribution is -0.119. The number of rotatable bonds is 10. The van der Waals surface area contributed by atoms with Crippen molar-refractivity contribution in [2.45, 2.75) is 49.9 Å². The standard InChI is InChI=1S/C28H27ClF2N2O4S/c29-24-12-20-15-33(14-19(20)11-23(24)22-3-1-2-4-26(22)37-28(30)31)25(13-27(32)34)18-7-9-21(10-8-18)38(35,36)16-17-5-6-17/h1-4,7-12,17,25,28H,5-6,13-16H2,(H2,32,34)/t25-/m0/s1. The molecule has 1 atom stereocenters. The van der Waals surface area contributed by atoms with Gasteiger partial charge in [0, 0.05) is 41.7 Å². The van der Waals surface area contributed by atoms with Crippen LogP contribution in [0.2, 0.25) is 5.02 Å². The Balaban J connectivity index is 1.41. The number of sulfone groups is 1. The van der Waals surface area contributed by atoms with Crippen molar-refractivity contribution >= 4 is 27.3 Å². The molecule has 5 rings (SSSR count). The first kappa shape index (κ1) is 26.6. The summed E-state index contributed by atoms with van der Waals surface area (Å²) in [6, 6.07) is 16.4. The van der Waals surface area contributed by atoms with E-state index >= 15 is 0 Å². The summed E-state index contributed by atoms with van der Waals surface area (Å²) in [6.45, 7) is -2.01. The molecule has 1 aliphatic carbocycles. The molecule has 6 nitrogen and oxygen atoms in total. The van der Waals surface area contributed by atoms with Gasteiger partial charge in [-0.2, -0.15) is 8.78 Å². The van der Waals surface area contributed by atoms with Crippen LogP contribution in [0.15, 0.2) is 65.6 Å². The fourth-order valence-electron chi connectivity index (χ4n) is 5.00. The average molecular weight is 561 g/mol. The van der Waals surface area contributed by atoms with E-state index < -0.39 is 22.4 Å². The Bertz CT molecular complexity index is 1460. The number of amides is 1. The predicted molar refractivity (Wildman–Crippen MR) is 141 cm³/mol. The quantitative estimate of drug-likeness (QED) is 0.342. The second-order valence-electron chi connectivity index (χ2n) is 9.86. The number of carbonyl (C=O) groups is 1. The number of halogens is 3. The number of alkyl halides is 2. The molecule has 0 unspecified atom stereocenters. The summed E-state index contributed by atoms with van der Waals surface area (Å²) in [5.74, 6) is -0.0423. The van der Waals surface area contributed by atoms with Gasteiger partial charge in [0.05, 0.1) is 10.6 Å². The van der Waals surface area contributed by atoms with Crippen molar-refractivity contribution in [2.75, 3.05) is 5.75 Å². The molecule has 0 aromatic heterocycles. The van der Waals surface area contributed by atoms with E-state index in [9.17, 15) is 22.0 Å². The molecular formula is C28H27ClF2N2O4S. The highest BCUT2D eigenvalue weighted by Gasteiger charge is 2.31. The molecule has 2 aliphatic rings. The Labute approximate surface area is 225 Å². The summed E-state index contributed by atoms with van der Waals surface area (Å²) < 4.78 is 55.9. The zero-order chi connectivity index (χ0) is 27.0. The van der Waals surface area contributed by atoms with E-state index in [1.165, 1.54) is 6.07 Å². The second kappa shape index (κ2) is 10.6. The molecule has 1 heterocycles. The molecule has 0 radical (unpaired) electrons. The van der Waals surface area contributed by atoms with Crippen molar-refractivity contribution in [3.63, 3.8) is 0 Å². The number of para-hydroxylation sites is 1. The summed E-state index contributed by atoms with van der Waals surface area (Å²) >= 11 is 6.59. The highest BCUT2D eigenvalue weighted by atomic mass is 35.5. The molecule has 2 N–H and O–H groups in total. The Morgan fingerprint density at radius 3 is 2.32 bits per heavy atom. The third kappa shape index (κ3) is 5.85. The van der Waals surface area contributed by atoms with E-state index in [1.807, 2.05) is 6.07 Å². The minimum absolute atomic E-state index is 0.0301. The predicted octanol–water partition coefficient (Wildman–Crippen LogP) is 5.72. The van der Waals surface area contributed by atoms with Crippen molar-refractivity contribution in [3.8, 4) is 16.9 Å². The van der Waals surface area contributed by atoms with Crippen molar-refractivity contribution < 1.29 is 26.7 Å². The van der Waals surface area contributed by atoms with Crippen LogP contribution >= 0.6 is 11.6 Å². The molecule has 10 heteroatoms. The maximum Gasteiger partial charge on any atom is 0.387 e. The van der Waals surface area contributed by atoms with Gasteiger partial charge >= 0.3 is 6.61 Å². The number of nitrogens with two attached hydrogens (primary N) is 1. The molecule has 1 aliphatic heterocycles. The fourth-order valence-corrected chi connectivity index (χ4v) is 6.98. The normalized spacial score (nSPS) is 16.4. The van der Waals surface area contributed by atoms with Gasteiger partial charge in [0.1, 0.15) is 5.75 Å². The average Bonchev–Trinajstić information content (AvgIpc) is 3.57. The van der Waals surface area contributed by atoms with Crippen LogP contribution in [0.25, 0.3) is 11.1 Å². The first-order chi connectivity index (χ1) is 18.1. The van der Waals surface area contributed by atoms with Crippen LogP contribution in [0.3, 0.4) is 0 Å². The zero-order valence-corrected chi connectivity index (χ0v) is 22.0. The molecule has 1 fully saturated rings. The van der Waals surface area contributed by atoms with E-state index in [4.69, 9.17) is 22.1 Å². The Morgan fingerprint density at radius 1 is 1.03 bits per heavy atom. The van der Waals surface area contributed by atoms with E-state index in [1.54, 1.807) is 48.5 Å². The van der Waals surface area contributed by atoms with E-state index in [0.717, 1.165) is 29.5 Å². The second-order valence-corrected chi connectivity index (χ2v) is 12.3. The van der Waals surface area contributed by atoms with Crippen LogP contribution in [0.5, 0.6) is 5.75 Å². The van der Waals surface area contributed by atoms with Crippen molar-refractivity contribution in [1.29, 1.82) is 0 Å². The van der Waals surface area contributed by atoms with Crippen LogP contribution in [0, 0.1) is 5.92 Å². The molecule has 1 amide bonds. The smallest absolute Gasteiger partial charge is 0.387 e. The summed E-state index contributed by atoms with van der Waals surface area (Å²) in [5, 5.41) is 0.396. The van der Waals surface area contributed by atoms with Gasteiger partial charge in [0.15, 0.2) is 9.84 Å². The van der Waals surface area contributed by atoms with Crippen molar-refractivity contribution in [1.82, 2.24) is 4.90 Å². The minimum Gasteiger partial charge on any atom is -0.434 e. The lowest BCUT2D eigenvalue weighted by atomic mass is 9.99. The number of hydrogen-bond donors (Lipinski definition) is 1. The largest absolute Gasteiger partial charge is 0.434 e. The Kier molecular flexibility index (Phi) is 7.44. The van der Waals surface area contributed by atoms with E-state index in [0.29, 0.717) is 29.2 Å². The molecule has 3 aromatic carbocycles. The fraction of sp³-hybridized carbons (Fsp3) is 0.321. The first-order valence-corrected chi connectivity index (χ1v) is 14.3. The highest BCUT2D eigenvalue weighted by molar-refractivity contribution is 7.91. The van der Waals surface area contributed by atoms with Gasteiger partial charge in [-0.25, -0.2) is 8.42 Å². The topological polar surface area (TPSA) is 89.7 Å². The molecule has 3 aromatic rings. The van der Waals surface area contributed by atoms with Gasteiger partial charge in [-0.05, 0) is 65.8 Å². The zero-order valence-electron chi connectivity index (χ0n) is 20.4. The lowest BCUT2D eigenvalue weighted by Crippen LogP contribution is -2.28. The summed E-state index contributed by atoms with van der Waals surface area (Å²) in [7, 11) is -3.35. The van der Waals surface area contributed by atoms with Crippen LogP contribution in [-0.4, -0.2) is 31.6 Å². The van der Waals surface area contributed by atoms with Crippen LogP contribution in [0.4, 0.5) is 8.78 Å². The Hall–Kier alpha value is -3.01. The molecule has 200 valence electrons. The number of hydrogen-bond acceptors (Lipinski definition) is 5. The van der Waals surface area contributed by atoms with Crippen molar-refractivity contribution in [3.05, 3.63) is 82.4 Å². The molecule has 0 spiro atoms.